The van der Waals surface area contributed by atoms with Crippen molar-refractivity contribution in [1.29, 1.82) is 0 Å². The van der Waals surface area contributed by atoms with Crippen LogP contribution in [0, 0.1) is 19.8 Å². The number of piperidine rings is 1. The Morgan fingerprint density at radius 2 is 2.14 bits per heavy atom. The molecule has 2 rings (SSSR count). The summed E-state index contributed by atoms with van der Waals surface area (Å²) in [5, 5.41) is 7.89. The number of rotatable bonds is 2. The van der Waals surface area contributed by atoms with Gasteiger partial charge in [0, 0.05) is 12.7 Å². The maximum absolute atomic E-state index is 4.50. The van der Waals surface area contributed by atoms with E-state index < -0.39 is 0 Å². The molecular formula is C11H19N3. The van der Waals surface area contributed by atoms with Gasteiger partial charge < -0.3 is 5.32 Å². The molecule has 1 aliphatic heterocycles. The quantitative estimate of drug-likeness (QED) is 0.771. The molecule has 78 valence electrons. The zero-order chi connectivity index (χ0) is 9.97. The van der Waals surface area contributed by atoms with Crippen molar-refractivity contribution in [3.05, 3.63) is 17.5 Å². The van der Waals surface area contributed by atoms with E-state index in [9.17, 15) is 0 Å². The van der Waals surface area contributed by atoms with Gasteiger partial charge in [-0.05, 0) is 51.3 Å². The van der Waals surface area contributed by atoms with Gasteiger partial charge in [0.1, 0.15) is 0 Å². The molecule has 2 heterocycles. The van der Waals surface area contributed by atoms with E-state index in [1.165, 1.54) is 37.2 Å². The highest BCUT2D eigenvalue weighted by Crippen LogP contribution is 2.14. The molecule has 1 saturated heterocycles. The normalized spacial score (nSPS) is 18.7. The van der Waals surface area contributed by atoms with Crippen LogP contribution in [0.25, 0.3) is 0 Å². The number of nitrogens with zero attached hydrogens (tertiary/aromatic N) is 2. The lowest BCUT2D eigenvalue weighted by Gasteiger charge is -2.22. The van der Waals surface area contributed by atoms with Gasteiger partial charge in [-0.15, -0.1) is 0 Å². The molecule has 0 aromatic carbocycles. The first-order valence-corrected chi connectivity index (χ1v) is 5.47. The largest absolute Gasteiger partial charge is 0.317 e. The number of hydrogen-bond acceptors (Lipinski definition) is 2. The van der Waals surface area contributed by atoms with Gasteiger partial charge in [0.2, 0.25) is 0 Å². The molecule has 1 aliphatic rings. The summed E-state index contributed by atoms with van der Waals surface area (Å²) in [6.07, 6.45) is 4.74. The fourth-order valence-electron chi connectivity index (χ4n) is 2.04. The van der Waals surface area contributed by atoms with E-state index in [2.05, 4.69) is 35.1 Å². The van der Waals surface area contributed by atoms with E-state index in [1.54, 1.807) is 0 Å². The van der Waals surface area contributed by atoms with Crippen LogP contribution in [-0.2, 0) is 6.54 Å². The van der Waals surface area contributed by atoms with Crippen LogP contribution >= 0.6 is 0 Å². The van der Waals surface area contributed by atoms with Crippen molar-refractivity contribution in [2.45, 2.75) is 33.2 Å². The van der Waals surface area contributed by atoms with Gasteiger partial charge >= 0.3 is 0 Å². The topological polar surface area (TPSA) is 29.9 Å². The number of nitrogens with one attached hydrogen (secondary N) is 1. The van der Waals surface area contributed by atoms with Crippen LogP contribution in [0.3, 0.4) is 0 Å². The highest BCUT2D eigenvalue weighted by atomic mass is 15.3. The minimum absolute atomic E-state index is 0.815. The highest BCUT2D eigenvalue weighted by molar-refractivity contribution is 5.12. The predicted octanol–water partition coefficient (Wildman–Crippen LogP) is 1.50. The molecule has 1 N–H and O–H groups in total. The van der Waals surface area contributed by atoms with Crippen LogP contribution in [-0.4, -0.2) is 22.9 Å². The van der Waals surface area contributed by atoms with Crippen molar-refractivity contribution < 1.29 is 0 Å². The fourth-order valence-corrected chi connectivity index (χ4v) is 2.04. The Kier molecular flexibility index (Phi) is 2.87. The zero-order valence-electron chi connectivity index (χ0n) is 9.08. The second-order valence-electron chi connectivity index (χ2n) is 4.31. The Bertz CT molecular complexity index is 278. The van der Waals surface area contributed by atoms with Gasteiger partial charge in [0.05, 0.1) is 5.69 Å². The number of hydrogen-bond donors (Lipinski definition) is 1. The van der Waals surface area contributed by atoms with Crippen molar-refractivity contribution >= 4 is 0 Å². The average Bonchev–Trinajstić information content (AvgIpc) is 2.47. The zero-order valence-corrected chi connectivity index (χ0v) is 9.08. The first-order chi connectivity index (χ1) is 6.75. The first kappa shape index (κ1) is 9.71. The van der Waals surface area contributed by atoms with Crippen molar-refractivity contribution in [2.24, 2.45) is 5.92 Å². The molecule has 0 spiro atoms. The minimum atomic E-state index is 0.815. The van der Waals surface area contributed by atoms with Gasteiger partial charge in [-0.1, -0.05) is 0 Å². The summed E-state index contributed by atoms with van der Waals surface area (Å²) in [6.45, 7) is 7.64. The Morgan fingerprint density at radius 1 is 1.43 bits per heavy atom. The minimum Gasteiger partial charge on any atom is -0.317 e. The van der Waals surface area contributed by atoms with E-state index in [4.69, 9.17) is 0 Å². The lowest BCUT2D eigenvalue weighted by molar-refractivity contribution is 0.321. The summed E-state index contributed by atoms with van der Waals surface area (Å²) in [7, 11) is 0. The smallest absolute Gasteiger partial charge is 0.0622 e. The predicted molar refractivity (Wildman–Crippen MR) is 57.3 cm³/mol. The Labute approximate surface area is 85.5 Å². The van der Waals surface area contributed by atoms with Crippen molar-refractivity contribution in [3.63, 3.8) is 0 Å². The fraction of sp³-hybridized carbons (Fsp3) is 0.727. The van der Waals surface area contributed by atoms with Crippen LogP contribution in [0.1, 0.15) is 24.1 Å². The van der Waals surface area contributed by atoms with Crippen molar-refractivity contribution in [1.82, 2.24) is 15.1 Å². The first-order valence-electron chi connectivity index (χ1n) is 5.47. The molecule has 1 aromatic heterocycles. The molecule has 3 heteroatoms. The van der Waals surface area contributed by atoms with E-state index >= 15 is 0 Å². The van der Waals surface area contributed by atoms with Crippen molar-refractivity contribution in [3.8, 4) is 0 Å². The molecule has 1 fully saturated rings. The Hall–Kier alpha value is -0.830. The summed E-state index contributed by atoms with van der Waals surface area (Å²) >= 11 is 0. The van der Waals surface area contributed by atoms with Crippen LogP contribution in [0.5, 0.6) is 0 Å². The molecule has 0 amide bonds. The highest BCUT2D eigenvalue weighted by Gasteiger charge is 2.14. The second-order valence-corrected chi connectivity index (χ2v) is 4.31. The molecule has 0 aliphatic carbocycles. The lowest BCUT2D eigenvalue weighted by Crippen LogP contribution is -2.30. The van der Waals surface area contributed by atoms with Gasteiger partial charge in [-0.2, -0.15) is 5.10 Å². The van der Waals surface area contributed by atoms with Gasteiger partial charge in [-0.25, -0.2) is 0 Å². The van der Waals surface area contributed by atoms with E-state index in [1.807, 2.05) is 0 Å². The average molecular weight is 193 g/mol. The third kappa shape index (κ3) is 2.15. The SMILES string of the molecule is Cc1cn(CC2CCNCC2)nc1C. The van der Waals surface area contributed by atoms with Crippen LogP contribution in [0.4, 0.5) is 0 Å². The molecule has 3 nitrogen and oxygen atoms in total. The summed E-state index contributed by atoms with van der Waals surface area (Å²) in [4.78, 5) is 0. The third-order valence-electron chi connectivity index (χ3n) is 3.10. The van der Waals surface area contributed by atoms with Crippen LogP contribution in [0.15, 0.2) is 6.20 Å². The number of aromatic nitrogens is 2. The summed E-state index contributed by atoms with van der Waals surface area (Å²) in [5.41, 5.74) is 2.47. The maximum atomic E-state index is 4.50. The van der Waals surface area contributed by atoms with E-state index in [0.717, 1.165) is 12.5 Å². The molecule has 0 bridgehead atoms. The summed E-state index contributed by atoms with van der Waals surface area (Å²) in [6, 6.07) is 0. The third-order valence-corrected chi connectivity index (χ3v) is 3.10. The molecular weight excluding hydrogens is 174 g/mol. The molecule has 0 unspecified atom stereocenters. The van der Waals surface area contributed by atoms with Gasteiger partial charge in [0.25, 0.3) is 0 Å². The molecule has 1 aromatic rings. The summed E-state index contributed by atoms with van der Waals surface area (Å²) in [5.74, 6) is 0.815. The summed E-state index contributed by atoms with van der Waals surface area (Å²) < 4.78 is 2.11. The second kappa shape index (κ2) is 4.13. The number of aryl methyl sites for hydroxylation is 2. The Balaban J connectivity index is 1.95. The maximum Gasteiger partial charge on any atom is 0.0622 e. The molecule has 0 saturated carbocycles. The van der Waals surface area contributed by atoms with Crippen molar-refractivity contribution in [2.75, 3.05) is 13.1 Å². The van der Waals surface area contributed by atoms with Gasteiger partial charge in [-0.3, -0.25) is 4.68 Å². The van der Waals surface area contributed by atoms with Crippen LogP contribution in [0.2, 0.25) is 0 Å². The molecule has 0 atom stereocenters. The van der Waals surface area contributed by atoms with Gasteiger partial charge in [0.15, 0.2) is 0 Å². The monoisotopic (exact) mass is 193 g/mol. The molecule has 0 radical (unpaired) electrons. The van der Waals surface area contributed by atoms with E-state index in [0.29, 0.717) is 0 Å². The van der Waals surface area contributed by atoms with E-state index in [-0.39, 0.29) is 0 Å². The molecule has 14 heavy (non-hydrogen) atoms. The lowest BCUT2D eigenvalue weighted by atomic mass is 9.98. The van der Waals surface area contributed by atoms with Crippen LogP contribution < -0.4 is 5.32 Å². The Morgan fingerprint density at radius 3 is 2.71 bits per heavy atom. The standard InChI is InChI=1S/C11H19N3/c1-9-7-14(13-10(9)2)8-11-3-5-12-6-4-11/h7,11-12H,3-6,8H2,1-2H3.